The van der Waals surface area contributed by atoms with Crippen molar-refractivity contribution in [1.82, 2.24) is 0 Å². The van der Waals surface area contributed by atoms with Crippen LogP contribution >= 0.6 is 0 Å². The highest BCUT2D eigenvalue weighted by Crippen LogP contribution is 2.08. The van der Waals surface area contributed by atoms with Crippen molar-refractivity contribution >= 4 is 20.2 Å². The van der Waals surface area contributed by atoms with Crippen LogP contribution in [-0.4, -0.2) is 30.9 Å². The van der Waals surface area contributed by atoms with Gasteiger partial charge >= 0.3 is 0 Å². The highest BCUT2D eigenvalue weighted by Gasteiger charge is 2.26. The maximum atomic E-state index is 11.5. The van der Waals surface area contributed by atoms with E-state index < -0.39 is 8.07 Å². The van der Waals surface area contributed by atoms with Crippen molar-refractivity contribution in [2.24, 2.45) is 5.10 Å². The van der Waals surface area contributed by atoms with E-state index in [1.165, 1.54) is 0 Å². The molecule has 0 spiro atoms. The van der Waals surface area contributed by atoms with E-state index >= 15 is 0 Å². The SMILES string of the molecule is C[Si](C)(C)C#CC1CC([O-])=N/[N+]1=C/c1ccccc1. The molecule has 98 valence electrons. The Morgan fingerprint density at radius 3 is 2.63 bits per heavy atom. The van der Waals surface area contributed by atoms with Gasteiger partial charge in [-0.25, -0.2) is 0 Å². The smallest absolute Gasteiger partial charge is 0.248 e. The Morgan fingerprint density at radius 2 is 2.00 bits per heavy atom. The molecule has 4 heteroatoms. The van der Waals surface area contributed by atoms with Gasteiger partial charge in [-0.3, -0.25) is 0 Å². The van der Waals surface area contributed by atoms with Crippen LogP contribution in [0.4, 0.5) is 0 Å². The fourth-order valence-corrected chi connectivity index (χ4v) is 2.33. The fraction of sp³-hybridized carbons (Fsp3) is 0.333. The Labute approximate surface area is 115 Å². The Morgan fingerprint density at radius 1 is 1.32 bits per heavy atom. The summed E-state index contributed by atoms with van der Waals surface area (Å²) in [5.74, 6) is 3.12. The topological polar surface area (TPSA) is 38.4 Å². The van der Waals surface area contributed by atoms with Crippen LogP contribution in [0.3, 0.4) is 0 Å². The molecular weight excluding hydrogens is 252 g/mol. The first kappa shape index (κ1) is 13.6. The van der Waals surface area contributed by atoms with Gasteiger partial charge in [-0.05, 0) is 23.2 Å². The fourth-order valence-electron chi connectivity index (χ4n) is 1.73. The molecule has 1 unspecified atom stereocenters. The quantitative estimate of drug-likeness (QED) is 0.432. The Hall–Kier alpha value is -1.86. The molecule has 0 fully saturated rings. The molecular formula is C15H18N2OSi. The van der Waals surface area contributed by atoms with E-state index in [2.05, 4.69) is 36.2 Å². The molecule has 0 aromatic heterocycles. The lowest BCUT2D eigenvalue weighted by Gasteiger charge is -2.04. The second-order valence-electron chi connectivity index (χ2n) is 5.65. The number of hydrogen-bond donors (Lipinski definition) is 0. The standard InChI is InChI=1S/C15H18N2OSi/c1-19(2,3)10-9-14-11-15(18)16-17(14)12-13-7-5-4-6-8-13/h4-8,12,14H,11H2,1-3H3/b17-12+. The number of nitrogens with zero attached hydrogens (tertiary/aromatic N) is 2. The van der Waals surface area contributed by atoms with Crippen LogP contribution < -0.4 is 5.11 Å². The van der Waals surface area contributed by atoms with Crippen molar-refractivity contribution in [3.05, 3.63) is 35.9 Å². The summed E-state index contributed by atoms with van der Waals surface area (Å²) in [4.78, 5) is 0. The third-order valence-electron chi connectivity index (χ3n) is 2.61. The summed E-state index contributed by atoms with van der Waals surface area (Å²) in [7, 11) is -1.42. The molecule has 2 rings (SSSR count). The summed E-state index contributed by atoms with van der Waals surface area (Å²) >= 11 is 0. The molecule has 0 saturated heterocycles. The van der Waals surface area contributed by atoms with Crippen LogP contribution in [0.2, 0.25) is 19.6 Å². The van der Waals surface area contributed by atoms with Crippen molar-refractivity contribution in [1.29, 1.82) is 0 Å². The van der Waals surface area contributed by atoms with Crippen molar-refractivity contribution in [3.8, 4) is 11.5 Å². The van der Waals surface area contributed by atoms with Crippen LogP contribution in [0.15, 0.2) is 35.4 Å². The second-order valence-corrected chi connectivity index (χ2v) is 10.4. The van der Waals surface area contributed by atoms with E-state index in [0.29, 0.717) is 6.42 Å². The van der Waals surface area contributed by atoms with E-state index in [1.54, 1.807) is 4.68 Å². The lowest BCUT2D eigenvalue weighted by molar-refractivity contribution is -0.543. The summed E-state index contributed by atoms with van der Waals surface area (Å²) in [5.41, 5.74) is 4.34. The number of hydrogen-bond acceptors (Lipinski definition) is 2. The molecule has 0 saturated carbocycles. The van der Waals surface area contributed by atoms with Crippen molar-refractivity contribution in [3.63, 3.8) is 0 Å². The second kappa shape index (κ2) is 5.41. The summed E-state index contributed by atoms with van der Waals surface area (Å²) in [6, 6.07) is 9.76. The first-order valence-corrected chi connectivity index (χ1v) is 9.89. The Kier molecular flexibility index (Phi) is 3.86. The van der Waals surface area contributed by atoms with Gasteiger partial charge in [-0.1, -0.05) is 42.5 Å². The molecule has 1 aliphatic heterocycles. The van der Waals surface area contributed by atoms with E-state index in [-0.39, 0.29) is 11.9 Å². The van der Waals surface area contributed by atoms with Crippen molar-refractivity contribution < 1.29 is 9.79 Å². The van der Waals surface area contributed by atoms with Crippen LogP contribution in [0, 0.1) is 11.5 Å². The molecule has 19 heavy (non-hydrogen) atoms. The van der Waals surface area contributed by atoms with Crippen LogP contribution in [0.1, 0.15) is 12.0 Å². The summed E-state index contributed by atoms with van der Waals surface area (Å²) < 4.78 is 1.70. The zero-order valence-electron chi connectivity index (χ0n) is 11.6. The lowest BCUT2D eigenvalue weighted by Crippen LogP contribution is -2.22. The van der Waals surface area contributed by atoms with Crippen LogP contribution in [0.5, 0.6) is 0 Å². The summed E-state index contributed by atoms with van der Waals surface area (Å²) in [6.45, 7) is 6.58. The van der Waals surface area contributed by atoms with Crippen molar-refractivity contribution in [2.75, 3.05) is 0 Å². The zero-order valence-corrected chi connectivity index (χ0v) is 12.6. The minimum absolute atomic E-state index is 0.0953. The van der Waals surface area contributed by atoms with Gasteiger partial charge in [0.15, 0.2) is 0 Å². The highest BCUT2D eigenvalue weighted by molar-refractivity contribution is 6.83. The number of rotatable bonds is 1. The van der Waals surface area contributed by atoms with Gasteiger partial charge in [0.1, 0.15) is 8.07 Å². The molecule has 0 radical (unpaired) electrons. The minimum Gasteiger partial charge on any atom is -0.857 e. The Balaban J connectivity index is 2.26. The summed E-state index contributed by atoms with van der Waals surface area (Å²) in [5, 5.41) is 15.5. The third kappa shape index (κ3) is 4.07. The van der Waals surface area contributed by atoms with Gasteiger partial charge in [-0.15, -0.1) is 5.54 Å². The maximum Gasteiger partial charge on any atom is 0.248 e. The molecule has 3 nitrogen and oxygen atoms in total. The maximum absolute atomic E-state index is 11.5. The predicted molar refractivity (Wildman–Crippen MR) is 78.8 cm³/mol. The van der Waals surface area contributed by atoms with E-state index in [4.69, 9.17) is 0 Å². The van der Waals surface area contributed by atoms with Gasteiger partial charge in [0, 0.05) is 11.5 Å². The van der Waals surface area contributed by atoms with Crippen molar-refractivity contribution in [2.45, 2.75) is 32.1 Å². The van der Waals surface area contributed by atoms with Gasteiger partial charge in [0.05, 0.1) is 6.42 Å². The van der Waals surface area contributed by atoms with Gasteiger partial charge in [-0.2, -0.15) is 0 Å². The first-order chi connectivity index (χ1) is 8.94. The third-order valence-corrected chi connectivity index (χ3v) is 3.50. The van der Waals surface area contributed by atoms with Crippen LogP contribution in [-0.2, 0) is 0 Å². The molecule has 1 atom stereocenters. The first-order valence-electron chi connectivity index (χ1n) is 6.39. The molecule has 1 aromatic carbocycles. The van der Waals surface area contributed by atoms with E-state index in [0.717, 1.165) is 5.56 Å². The molecule has 0 N–H and O–H groups in total. The molecule has 1 aromatic rings. The van der Waals surface area contributed by atoms with E-state index in [1.807, 2.05) is 36.5 Å². The van der Waals surface area contributed by atoms with Gasteiger partial charge in [0.25, 0.3) is 0 Å². The highest BCUT2D eigenvalue weighted by atomic mass is 28.3. The largest absolute Gasteiger partial charge is 0.857 e. The molecule has 0 bridgehead atoms. The normalized spacial score (nSPS) is 20.9. The average Bonchev–Trinajstić information content (AvgIpc) is 2.67. The molecule has 0 aliphatic carbocycles. The van der Waals surface area contributed by atoms with Gasteiger partial charge < -0.3 is 5.11 Å². The molecule has 1 aliphatic rings. The average molecular weight is 270 g/mol. The summed E-state index contributed by atoms with van der Waals surface area (Å²) in [6.07, 6.45) is 2.27. The number of benzene rings is 1. The zero-order chi connectivity index (χ0) is 13.9. The lowest BCUT2D eigenvalue weighted by atomic mass is 10.2. The number of hydrazone groups is 1. The van der Waals surface area contributed by atoms with Crippen LogP contribution in [0.25, 0.3) is 0 Å². The van der Waals surface area contributed by atoms with E-state index in [9.17, 15) is 5.11 Å². The molecule has 0 amide bonds. The predicted octanol–water partition coefficient (Wildman–Crippen LogP) is 1.44. The van der Waals surface area contributed by atoms with Gasteiger partial charge in [0.2, 0.25) is 12.3 Å². The minimum atomic E-state index is -1.42. The monoisotopic (exact) mass is 270 g/mol. The Bertz CT molecular complexity index is 574. The molecule has 1 heterocycles.